The summed E-state index contributed by atoms with van der Waals surface area (Å²) < 4.78 is 10.4. The van der Waals surface area contributed by atoms with Gasteiger partial charge >= 0.3 is 12.1 Å². The maximum atomic E-state index is 12.8. The van der Waals surface area contributed by atoms with Gasteiger partial charge in [0.2, 0.25) is 0 Å². The van der Waals surface area contributed by atoms with Crippen molar-refractivity contribution in [2.45, 2.75) is 26.3 Å². The van der Waals surface area contributed by atoms with Gasteiger partial charge in [-0.25, -0.2) is 9.59 Å². The Bertz CT molecular complexity index is 1040. The van der Waals surface area contributed by atoms with E-state index in [9.17, 15) is 14.4 Å². The fourth-order valence-corrected chi connectivity index (χ4v) is 3.08. The van der Waals surface area contributed by atoms with E-state index >= 15 is 0 Å². The average Bonchev–Trinajstić information content (AvgIpc) is 3.19. The van der Waals surface area contributed by atoms with E-state index in [4.69, 9.17) is 9.47 Å². The summed E-state index contributed by atoms with van der Waals surface area (Å²) in [6, 6.07) is 15.2. The second kappa shape index (κ2) is 10.4. The van der Waals surface area contributed by atoms with Gasteiger partial charge in [-0.1, -0.05) is 62.4 Å². The standard InChI is InChI=1S/C24H26N2O5/c1-16(2)14-31-24(29)26-21(12-18-13-25-20-11-7-6-10-19(18)20)23(28)30-15-22(27)17-8-4-3-5-9-17/h3-11,13,16,21,25H,12,14-15H2,1-2H3,(H,26,29)/t21-/m0/s1. The quantitative estimate of drug-likeness (QED) is 0.403. The largest absolute Gasteiger partial charge is 0.456 e. The van der Waals surface area contributed by atoms with Gasteiger partial charge in [0, 0.05) is 29.1 Å². The van der Waals surface area contributed by atoms with E-state index in [-0.39, 0.29) is 24.7 Å². The van der Waals surface area contributed by atoms with Crippen LogP contribution in [0.1, 0.15) is 29.8 Å². The number of alkyl carbamates (subject to hydrolysis) is 1. The minimum Gasteiger partial charge on any atom is -0.456 e. The van der Waals surface area contributed by atoms with Gasteiger partial charge in [0.25, 0.3) is 0 Å². The number of H-pyrrole nitrogens is 1. The van der Waals surface area contributed by atoms with Crippen LogP contribution in [0.5, 0.6) is 0 Å². The molecule has 0 saturated heterocycles. The van der Waals surface area contributed by atoms with Crippen molar-refractivity contribution in [3.05, 3.63) is 71.9 Å². The number of ether oxygens (including phenoxy) is 2. The summed E-state index contributed by atoms with van der Waals surface area (Å²) in [5.41, 5.74) is 2.22. The lowest BCUT2D eigenvalue weighted by atomic mass is 10.1. The molecule has 162 valence electrons. The molecule has 0 spiro atoms. The minimum absolute atomic E-state index is 0.160. The molecule has 0 aliphatic carbocycles. The Morgan fingerprint density at radius 1 is 0.968 bits per heavy atom. The highest BCUT2D eigenvalue weighted by Crippen LogP contribution is 2.19. The summed E-state index contributed by atoms with van der Waals surface area (Å²) in [4.78, 5) is 40.4. The smallest absolute Gasteiger partial charge is 0.407 e. The van der Waals surface area contributed by atoms with Gasteiger partial charge in [-0.05, 0) is 17.5 Å². The highest BCUT2D eigenvalue weighted by Gasteiger charge is 2.25. The predicted octanol–water partition coefficient (Wildman–Crippen LogP) is 3.89. The first-order chi connectivity index (χ1) is 14.9. The third kappa shape index (κ3) is 6.18. The molecular formula is C24H26N2O5. The van der Waals surface area contributed by atoms with Crippen LogP contribution in [0.4, 0.5) is 4.79 Å². The molecule has 3 rings (SSSR count). The van der Waals surface area contributed by atoms with E-state index in [0.717, 1.165) is 16.5 Å². The fraction of sp³-hybridized carbons (Fsp3) is 0.292. The summed E-state index contributed by atoms with van der Waals surface area (Å²) in [5.74, 6) is -0.855. The van der Waals surface area contributed by atoms with Gasteiger partial charge in [-0.15, -0.1) is 0 Å². The van der Waals surface area contributed by atoms with Gasteiger partial charge in [0.1, 0.15) is 6.04 Å². The van der Waals surface area contributed by atoms with Crippen LogP contribution < -0.4 is 5.32 Å². The Hall–Kier alpha value is -3.61. The minimum atomic E-state index is -0.998. The fourth-order valence-electron chi connectivity index (χ4n) is 3.08. The Morgan fingerprint density at radius 3 is 2.42 bits per heavy atom. The molecule has 1 aromatic heterocycles. The first-order valence-electron chi connectivity index (χ1n) is 10.2. The Balaban J connectivity index is 1.70. The second-order valence-corrected chi connectivity index (χ2v) is 7.65. The highest BCUT2D eigenvalue weighted by molar-refractivity contribution is 5.98. The molecule has 3 aromatic rings. The molecule has 0 radical (unpaired) electrons. The highest BCUT2D eigenvalue weighted by atomic mass is 16.6. The first-order valence-corrected chi connectivity index (χ1v) is 10.2. The summed E-state index contributed by atoms with van der Waals surface area (Å²) in [6.07, 6.45) is 1.28. The van der Waals surface area contributed by atoms with Crippen molar-refractivity contribution < 1.29 is 23.9 Å². The third-order valence-electron chi connectivity index (χ3n) is 4.66. The zero-order valence-electron chi connectivity index (χ0n) is 17.6. The number of para-hydroxylation sites is 1. The zero-order valence-corrected chi connectivity index (χ0v) is 17.6. The van der Waals surface area contributed by atoms with Crippen LogP contribution in [0.3, 0.4) is 0 Å². The number of aromatic nitrogens is 1. The Morgan fingerprint density at radius 2 is 1.68 bits per heavy atom. The van der Waals surface area contributed by atoms with Crippen molar-refractivity contribution in [1.29, 1.82) is 0 Å². The number of ketones is 1. The Labute approximate surface area is 180 Å². The molecule has 31 heavy (non-hydrogen) atoms. The number of aromatic amines is 1. The van der Waals surface area contributed by atoms with E-state index in [2.05, 4.69) is 10.3 Å². The lowest BCUT2D eigenvalue weighted by Gasteiger charge is -2.18. The molecule has 0 aliphatic heterocycles. The van der Waals surface area contributed by atoms with Crippen LogP contribution in [0.25, 0.3) is 10.9 Å². The number of fused-ring (bicyclic) bond motifs is 1. The number of nitrogens with one attached hydrogen (secondary N) is 2. The van der Waals surface area contributed by atoms with Gasteiger partial charge in [-0.3, -0.25) is 4.79 Å². The number of carbonyl (C=O) groups is 3. The molecule has 0 saturated carbocycles. The van der Waals surface area contributed by atoms with Gasteiger partial charge in [0.05, 0.1) is 6.61 Å². The predicted molar refractivity (Wildman–Crippen MR) is 117 cm³/mol. The Kier molecular flexibility index (Phi) is 7.43. The van der Waals surface area contributed by atoms with Crippen LogP contribution in [-0.2, 0) is 20.7 Å². The molecule has 0 aliphatic rings. The van der Waals surface area contributed by atoms with E-state index in [1.807, 2.05) is 38.1 Å². The van der Waals surface area contributed by atoms with E-state index in [1.165, 1.54) is 0 Å². The van der Waals surface area contributed by atoms with Crippen LogP contribution in [-0.4, -0.2) is 42.1 Å². The monoisotopic (exact) mass is 422 g/mol. The van der Waals surface area contributed by atoms with E-state index in [1.54, 1.807) is 36.5 Å². The molecule has 0 bridgehead atoms. The molecule has 0 fully saturated rings. The van der Waals surface area contributed by atoms with Crippen molar-refractivity contribution >= 4 is 28.7 Å². The van der Waals surface area contributed by atoms with Crippen molar-refractivity contribution in [2.24, 2.45) is 5.92 Å². The van der Waals surface area contributed by atoms with E-state index in [0.29, 0.717) is 5.56 Å². The third-order valence-corrected chi connectivity index (χ3v) is 4.66. The molecule has 0 unspecified atom stereocenters. The molecule has 2 aromatic carbocycles. The molecule has 2 N–H and O–H groups in total. The normalized spacial score (nSPS) is 11.8. The average molecular weight is 422 g/mol. The van der Waals surface area contributed by atoms with Crippen molar-refractivity contribution in [1.82, 2.24) is 10.3 Å². The van der Waals surface area contributed by atoms with Gasteiger partial charge in [0.15, 0.2) is 12.4 Å². The number of hydrogen-bond acceptors (Lipinski definition) is 5. The topological polar surface area (TPSA) is 97.5 Å². The number of amides is 1. The van der Waals surface area contributed by atoms with Gasteiger partial charge in [-0.2, -0.15) is 0 Å². The van der Waals surface area contributed by atoms with Gasteiger partial charge < -0.3 is 19.8 Å². The van der Waals surface area contributed by atoms with Crippen LogP contribution in [0.15, 0.2) is 60.8 Å². The summed E-state index contributed by atoms with van der Waals surface area (Å²) in [5, 5.41) is 3.52. The summed E-state index contributed by atoms with van der Waals surface area (Å²) in [6.45, 7) is 3.66. The van der Waals surface area contributed by atoms with Crippen molar-refractivity contribution in [3.63, 3.8) is 0 Å². The number of Topliss-reactive ketones (excluding diaryl/α,β-unsaturated/α-hetero) is 1. The van der Waals surface area contributed by atoms with Crippen molar-refractivity contribution in [3.8, 4) is 0 Å². The van der Waals surface area contributed by atoms with Crippen LogP contribution >= 0.6 is 0 Å². The van der Waals surface area contributed by atoms with Crippen molar-refractivity contribution in [2.75, 3.05) is 13.2 Å². The second-order valence-electron chi connectivity index (χ2n) is 7.65. The summed E-state index contributed by atoms with van der Waals surface area (Å²) >= 11 is 0. The maximum Gasteiger partial charge on any atom is 0.407 e. The molecule has 7 nitrogen and oxygen atoms in total. The molecule has 1 amide bonds. The lowest BCUT2D eigenvalue weighted by Crippen LogP contribution is -2.44. The number of rotatable bonds is 9. The molecular weight excluding hydrogens is 396 g/mol. The van der Waals surface area contributed by atoms with E-state index < -0.39 is 24.7 Å². The first kappa shape index (κ1) is 22.1. The zero-order chi connectivity index (χ0) is 22.2. The molecule has 7 heteroatoms. The maximum absolute atomic E-state index is 12.8. The number of hydrogen-bond donors (Lipinski definition) is 2. The number of esters is 1. The number of carbonyl (C=O) groups excluding carboxylic acids is 3. The van der Waals surface area contributed by atoms with Crippen LogP contribution in [0.2, 0.25) is 0 Å². The SMILES string of the molecule is CC(C)COC(=O)N[C@@H](Cc1c[nH]c2ccccc12)C(=O)OCC(=O)c1ccccc1. The number of benzene rings is 2. The van der Waals surface area contributed by atoms with Crippen LogP contribution in [0, 0.1) is 5.92 Å². The summed E-state index contributed by atoms with van der Waals surface area (Å²) in [7, 11) is 0. The lowest BCUT2D eigenvalue weighted by molar-refractivity contribution is -0.144. The molecule has 1 atom stereocenters. The molecule has 1 heterocycles.